The third kappa shape index (κ3) is 2.74. The number of aryl methyl sites for hydroxylation is 1. The van der Waals surface area contributed by atoms with Gasteiger partial charge in [-0.3, -0.25) is 4.79 Å². The summed E-state index contributed by atoms with van der Waals surface area (Å²) >= 11 is 5.68. The highest BCUT2D eigenvalue weighted by Gasteiger charge is 2.21. The first-order valence-corrected chi connectivity index (χ1v) is 4.80. The van der Waals surface area contributed by atoms with Crippen LogP contribution in [0.2, 0.25) is 5.02 Å². The van der Waals surface area contributed by atoms with Gasteiger partial charge in [-0.05, 0) is 6.07 Å². The fourth-order valence-corrected chi connectivity index (χ4v) is 1.42. The molecule has 0 saturated carbocycles. The van der Waals surface area contributed by atoms with Gasteiger partial charge in [0.2, 0.25) is 0 Å². The predicted molar refractivity (Wildman–Crippen MR) is 56.4 cm³/mol. The average molecular weight is 247 g/mol. The Bertz CT molecular complexity index is 416. The summed E-state index contributed by atoms with van der Waals surface area (Å²) in [6, 6.07) is 0.0915. The fraction of sp³-hybridized carbons (Fsp3) is 0.333. The summed E-state index contributed by atoms with van der Waals surface area (Å²) in [5.74, 6) is -1.90. The molecular formula is C9H11ClN2O4. The van der Waals surface area contributed by atoms with Gasteiger partial charge in [-0.1, -0.05) is 11.6 Å². The summed E-state index contributed by atoms with van der Waals surface area (Å²) in [6.07, 6.45) is 1.52. The van der Waals surface area contributed by atoms with Crippen molar-refractivity contribution in [2.24, 2.45) is 7.05 Å². The molecule has 1 rings (SSSR count). The Morgan fingerprint density at radius 1 is 1.62 bits per heavy atom. The molecule has 1 unspecified atom stereocenters. The molecule has 1 aromatic rings. The minimum absolute atomic E-state index is 0.227. The van der Waals surface area contributed by atoms with Gasteiger partial charge >= 0.3 is 5.97 Å². The van der Waals surface area contributed by atoms with Crippen LogP contribution in [0, 0.1) is 0 Å². The van der Waals surface area contributed by atoms with Crippen molar-refractivity contribution in [1.82, 2.24) is 9.88 Å². The highest BCUT2D eigenvalue weighted by Crippen LogP contribution is 2.12. The number of carboxylic acid groups (broad SMARTS) is 1. The van der Waals surface area contributed by atoms with E-state index in [1.54, 1.807) is 7.05 Å². The highest BCUT2D eigenvalue weighted by molar-refractivity contribution is 6.31. The van der Waals surface area contributed by atoms with Crippen LogP contribution in [0.25, 0.3) is 0 Å². The van der Waals surface area contributed by atoms with Crippen LogP contribution in [0.1, 0.15) is 10.5 Å². The third-order valence-corrected chi connectivity index (χ3v) is 2.20. The van der Waals surface area contributed by atoms with E-state index >= 15 is 0 Å². The van der Waals surface area contributed by atoms with Gasteiger partial charge in [0.15, 0.2) is 6.04 Å². The zero-order valence-electron chi connectivity index (χ0n) is 8.48. The largest absolute Gasteiger partial charge is 0.480 e. The minimum Gasteiger partial charge on any atom is -0.480 e. The summed E-state index contributed by atoms with van der Waals surface area (Å²) in [7, 11) is 1.61. The number of nitrogens with zero attached hydrogens (tertiary/aromatic N) is 1. The van der Waals surface area contributed by atoms with Gasteiger partial charge in [0.05, 0.1) is 11.6 Å². The zero-order chi connectivity index (χ0) is 12.3. The molecule has 88 valence electrons. The van der Waals surface area contributed by atoms with Crippen LogP contribution in [0.15, 0.2) is 12.3 Å². The maximum absolute atomic E-state index is 11.6. The number of aromatic nitrogens is 1. The Labute approximate surface area is 96.4 Å². The van der Waals surface area contributed by atoms with Crippen molar-refractivity contribution in [2.75, 3.05) is 6.61 Å². The topological polar surface area (TPSA) is 91.6 Å². The Hall–Kier alpha value is -1.53. The molecule has 0 spiro atoms. The number of halogens is 1. The predicted octanol–water partition coefficient (Wildman–Crippen LogP) is -0.146. The molecule has 0 saturated heterocycles. The maximum atomic E-state index is 11.6. The molecule has 3 N–H and O–H groups in total. The maximum Gasteiger partial charge on any atom is 0.328 e. The first kappa shape index (κ1) is 12.5. The van der Waals surface area contributed by atoms with Crippen LogP contribution in [-0.4, -0.2) is 39.3 Å². The number of aliphatic carboxylic acids is 1. The quantitative estimate of drug-likeness (QED) is 0.689. The molecule has 1 heterocycles. The molecule has 0 aliphatic heterocycles. The van der Waals surface area contributed by atoms with E-state index in [-0.39, 0.29) is 5.69 Å². The van der Waals surface area contributed by atoms with Crippen LogP contribution in [0.3, 0.4) is 0 Å². The lowest BCUT2D eigenvalue weighted by Crippen LogP contribution is -2.43. The lowest BCUT2D eigenvalue weighted by atomic mass is 10.3. The molecule has 0 bridgehead atoms. The second-order valence-corrected chi connectivity index (χ2v) is 3.64. The normalized spacial score (nSPS) is 12.2. The van der Waals surface area contributed by atoms with Gasteiger partial charge in [-0.2, -0.15) is 0 Å². The first-order valence-electron chi connectivity index (χ1n) is 4.42. The van der Waals surface area contributed by atoms with Gasteiger partial charge < -0.3 is 20.1 Å². The van der Waals surface area contributed by atoms with Crippen molar-refractivity contribution in [3.63, 3.8) is 0 Å². The number of aliphatic hydroxyl groups is 1. The van der Waals surface area contributed by atoms with Gasteiger partial charge in [0, 0.05) is 13.2 Å². The number of carbonyl (C=O) groups excluding carboxylic acids is 1. The van der Waals surface area contributed by atoms with Gasteiger partial charge in [0.25, 0.3) is 5.91 Å². The lowest BCUT2D eigenvalue weighted by molar-refractivity contribution is -0.140. The molecule has 0 aliphatic carbocycles. The van der Waals surface area contributed by atoms with Crippen molar-refractivity contribution in [1.29, 1.82) is 0 Å². The van der Waals surface area contributed by atoms with Crippen LogP contribution >= 0.6 is 11.6 Å². The smallest absolute Gasteiger partial charge is 0.328 e. The van der Waals surface area contributed by atoms with E-state index in [9.17, 15) is 9.59 Å². The van der Waals surface area contributed by atoms with E-state index in [2.05, 4.69) is 5.32 Å². The summed E-state index contributed by atoms with van der Waals surface area (Å²) in [5.41, 5.74) is 0.227. The molecular weight excluding hydrogens is 236 g/mol. The number of hydrogen-bond donors (Lipinski definition) is 3. The van der Waals surface area contributed by atoms with Crippen LogP contribution in [-0.2, 0) is 11.8 Å². The number of amides is 1. The lowest BCUT2D eigenvalue weighted by Gasteiger charge is -2.11. The second-order valence-electron chi connectivity index (χ2n) is 3.20. The van der Waals surface area contributed by atoms with Crippen LogP contribution in [0.4, 0.5) is 0 Å². The van der Waals surface area contributed by atoms with Crippen molar-refractivity contribution < 1.29 is 19.8 Å². The number of carbonyl (C=O) groups is 2. The molecule has 1 aromatic heterocycles. The van der Waals surface area contributed by atoms with Crippen LogP contribution in [0.5, 0.6) is 0 Å². The van der Waals surface area contributed by atoms with Crippen molar-refractivity contribution in [3.05, 3.63) is 23.0 Å². The van der Waals surface area contributed by atoms with E-state index < -0.39 is 24.5 Å². The number of rotatable bonds is 4. The highest BCUT2D eigenvalue weighted by atomic mass is 35.5. The molecule has 7 heteroatoms. The van der Waals surface area contributed by atoms with Crippen molar-refractivity contribution in [3.8, 4) is 0 Å². The average Bonchev–Trinajstić information content (AvgIpc) is 2.53. The summed E-state index contributed by atoms with van der Waals surface area (Å²) in [6.45, 7) is -0.667. The molecule has 0 fully saturated rings. The van der Waals surface area contributed by atoms with Gasteiger partial charge in [-0.25, -0.2) is 4.79 Å². The standard InChI is InChI=1S/C9H11ClN2O4/c1-12-3-5(10)2-7(12)8(14)11-6(4-13)9(15)16/h2-3,6,13H,4H2,1H3,(H,11,14)(H,15,16). The zero-order valence-corrected chi connectivity index (χ0v) is 9.23. The van der Waals surface area contributed by atoms with Gasteiger partial charge in [0.1, 0.15) is 5.69 Å². The Balaban J connectivity index is 2.79. The molecule has 6 nitrogen and oxygen atoms in total. The first-order chi connectivity index (χ1) is 7.45. The monoisotopic (exact) mass is 246 g/mol. The molecule has 1 atom stereocenters. The number of nitrogens with one attached hydrogen (secondary N) is 1. The second kappa shape index (κ2) is 5.00. The summed E-state index contributed by atoms with van der Waals surface area (Å²) in [4.78, 5) is 22.2. The van der Waals surface area contributed by atoms with Crippen LogP contribution < -0.4 is 5.32 Å². The Morgan fingerprint density at radius 3 is 2.62 bits per heavy atom. The molecule has 1 amide bonds. The van der Waals surface area contributed by atoms with E-state index in [0.29, 0.717) is 5.02 Å². The number of aliphatic hydroxyl groups excluding tert-OH is 1. The summed E-state index contributed by atoms with van der Waals surface area (Å²) < 4.78 is 1.47. The van der Waals surface area contributed by atoms with Crippen molar-refractivity contribution >= 4 is 23.5 Å². The molecule has 0 aromatic carbocycles. The molecule has 16 heavy (non-hydrogen) atoms. The third-order valence-electron chi connectivity index (χ3n) is 1.99. The van der Waals surface area contributed by atoms with E-state index in [1.165, 1.54) is 16.8 Å². The number of carboxylic acids is 1. The van der Waals surface area contributed by atoms with Gasteiger partial charge in [-0.15, -0.1) is 0 Å². The fourth-order valence-electron chi connectivity index (χ4n) is 1.17. The van der Waals surface area contributed by atoms with E-state index in [0.717, 1.165) is 0 Å². The van der Waals surface area contributed by atoms with E-state index in [4.69, 9.17) is 21.8 Å². The summed E-state index contributed by atoms with van der Waals surface area (Å²) in [5, 5.41) is 19.9. The van der Waals surface area contributed by atoms with Crippen molar-refractivity contribution in [2.45, 2.75) is 6.04 Å². The molecule has 0 radical (unpaired) electrons. The minimum atomic E-state index is -1.32. The Kier molecular flexibility index (Phi) is 3.92. The molecule has 0 aliphatic rings. The Morgan fingerprint density at radius 2 is 2.25 bits per heavy atom. The van der Waals surface area contributed by atoms with E-state index in [1.807, 2.05) is 0 Å². The number of hydrogen-bond acceptors (Lipinski definition) is 3. The SMILES string of the molecule is Cn1cc(Cl)cc1C(=O)NC(CO)C(=O)O.